The first-order chi connectivity index (χ1) is 10.9. The lowest BCUT2D eigenvalue weighted by Gasteiger charge is -2.20. The van der Waals surface area contributed by atoms with Gasteiger partial charge in [0.2, 0.25) is 0 Å². The number of carbonyl (C=O) groups excluding carboxylic acids is 1. The summed E-state index contributed by atoms with van der Waals surface area (Å²) in [6.45, 7) is 5.26. The molecule has 2 aromatic rings. The van der Waals surface area contributed by atoms with E-state index in [1.165, 1.54) is 0 Å². The fourth-order valence-electron chi connectivity index (χ4n) is 2.18. The number of carbonyl (C=O) groups is 1. The summed E-state index contributed by atoms with van der Waals surface area (Å²) >= 11 is 3.41. The van der Waals surface area contributed by atoms with Crippen LogP contribution in [0.3, 0.4) is 0 Å². The zero-order valence-corrected chi connectivity index (χ0v) is 15.8. The number of ether oxygens (including phenoxy) is 1. The van der Waals surface area contributed by atoms with Gasteiger partial charge in [-0.1, -0.05) is 28.1 Å². The molecular weight excluding hydrogens is 398 g/mol. The fourth-order valence-corrected chi connectivity index (χ4v) is 3.24. The Kier molecular flexibility index (Phi) is 5.22. The van der Waals surface area contributed by atoms with Gasteiger partial charge in [0, 0.05) is 9.86 Å². The van der Waals surface area contributed by atoms with Gasteiger partial charge in [0.1, 0.15) is 5.60 Å². The van der Waals surface area contributed by atoms with Crippen molar-refractivity contribution in [2.45, 2.75) is 32.1 Å². The highest BCUT2D eigenvalue weighted by molar-refractivity contribution is 9.10. The van der Waals surface area contributed by atoms with Crippen molar-refractivity contribution in [3.63, 3.8) is 0 Å². The van der Waals surface area contributed by atoms with Crippen LogP contribution in [0.1, 0.15) is 26.3 Å². The number of amides is 1. The van der Waals surface area contributed by atoms with Gasteiger partial charge in [0.05, 0.1) is 21.6 Å². The second-order valence-corrected chi connectivity index (χ2v) is 8.56. The molecule has 130 valence electrons. The molecule has 0 unspecified atom stereocenters. The molecule has 0 heterocycles. The Morgan fingerprint density at radius 3 is 2.46 bits per heavy atom. The van der Waals surface area contributed by atoms with E-state index in [9.17, 15) is 17.8 Å². The van der Waals surface area contributed by atoms with Crippen molar-refractivity contribution in [3.8, 4) is 0 Å². The number of hydrogen-bond donors (Lipinski definition) is 1. The predicted molar refractivity (Wildman–Crippen MR) is 94.9 cm³/mol. The molecule has 1 N–H and O–H groups in total. The highest BCUT2D eigenvalue weighted by atomic mass is 79.9. The van der Waals surface area contributed by atoms with Crippen LogP contribution < -0.4 is 5.32 Å². The molecule has 0 aliphatic rings. The Morgan fingerprint density at radius 2 is 1.88 bits per heavy atom. The number of fused-ring (bicyclic) bond motifs is 1. The van der Waals surface area contributed by atoms with E-state index in [2.05, 4.69) is 21.2 Å². The van der Waals surface area contributed by atoms with Gasteiger partial charge in [-0.3, -0.25) is 5.32 Å². The van der Waals surface area contributed by atoms with Gasteiger partial charge in [0.25, 0.3) is 0 Å². The number of anilines is 1. The van der Waals surface area contributed by atoms with Crippen LogP contribution in [-0.4, -0.2) is 24.7 Å². The maximum Gasteiger partial charge on any atom is 0.412 e. The average Bonchev–Trinajstić information content (AvgIpc) is 2.38. The predicted octanol–water partition coefficient (Wildman–Crippen LogP) is 3.99. The quantitative estimate of drug-likeness (QED) is 0.765. The van der Waals surface area contributed by atoms with Crippen LogP contribution in [0, 0.1) is 0 Å². The molecule has 0 atom stereocenters. The molecule has 0 aliphatic heterocycles. The van der Waals surface area contributed by atoms with Crippen molar-refractivity contribution in [1.82, 2.24) is 0 Å². The Labute approximate surface area is 149 Å². The van der Waals surface area contributed by atoms with Gasteiger partial charge in [-0.25, -0.2) is 13.2 Å². The lowest BCUT2D eigenvalue weighted by molar-refractivity contribution is 0.0636. The number of rotatable bonds is 3. The number of hydrogen-bond acceptors (Lipinski definition) is 5. The summed E-state index contributed by atoms with van der Waals surface area (Å²) < 4.78 is 38.9. The first-order valence-corrected chi connectivity index (χ1v) is 9.46. The summed E-state index contributed by atoms with van der Waals surface area (Å²) in [5.41, 5.74) is 0.173. The van der Waals surface area contributed by atoms with Crippen LogP contribution in [-0.2, 0) is 20.6 Å². The highest BCUT2D eigenvalue weighted by Crippen LogP contribution is 2.31. The molecule has 0 spiro atoms. The monoisotopic (exact) mass is 414 g/mol. The SMILES string of the molecule is CC(C)(C)OC(=O)Nc1ccc(Br)c2ccc(CS(=O)(=O)[O-])cc12. The van der Waals surface area contributed by atoms with E-state index in [1.807, 2.05) is 0 Å². The third-order valence-electron chi connectivity index (χ3n) is 3.01. The summed E-state index contributed by atoms with van der Waals surface area (Å²) in [6.07, 6.45) is -0.618. The minimum Gasteiger partial charge on any atom is -0.748 e. The number of benzene rings is 2. The van der Waals surface area contributed by atoms with Gasteiger partial charge in [-0.15, -0.1) is 0 Å². The zero-order valence-electron chi connectivity index (χ0n) is 13.4. The van der Waals surface area contributed by atoms with Crippen molar-refractivity contribution < 1.29 is 22.5 Å². The lowest BCUT2D eigenvalue weighted by atomic mass is 10.1. The molecule has 0 saturated heterocycles. The van der Waals surface area contributed by atoms with E-state index in [0.29, 0.717) is 16.6 Å². The minimum absolute atomic E-state index is 0.350. The van der Waals surface area contributed by atoms with Gasteiger partial charge in [-0.2, -0.15) is 0 Å². The van der Waals surface area contributed by atoms with E-state index in [4.69, 9.17) is 4.74 Å². The van der Waals surface area contributed by atoms with Crippen molar-refractivity contribution in [1.29, 1.82) is 0 Å². The summed E-state index contributed by atoms with van der Waals surface area (Å²) in [4.78, 5) is 12.0. The average molecular weight is 415 g/mol. The second kappa shape index (κ2) is 6.70. The largest absolute Gasteiger partial charge is 0.748 e. The van der Waals surface area contributed by atoms with Crippen molar-refractivity contribution in [2.24, 2.45) is 0 Å². The van der Waals surface area contributed by atoms with Crippen LogP contribution in [0.2, 0.25) is 0 Å². The molecule has 0 radical (unpaired) electrons. The smallest absolute Gasteiger partial charge is 0.412 e. The molecule has 0 aromatic heterocycles. The normalized spacial score (nSPS) is 12.2. The summed E-state index contributed by atoms with van der Waals surface area (Å²) in [7, 11) is -4.39. The maximum atomic E-state index is 12.0. The number of halogens is 1. The minimum atomic E-state index is -4.39. The summed E-state index contributed by atoms with van der Waals surface area (Å²) in [5.74, 6) is -0.610. The molecule has 24 heavy (non-hydrogen) atoms. The van der Waals surface area contributed by atoms with Crippen molar-refractivity contribution >= 4 is 48.6 Å². The van der Waals surface area contributed by atoms with E-state index in [1.54, 1.807) is 51.1 Å². The van der Waals surface area contributed by atoms with Crippen molar-refractivity contribution in [3.05, 3.63) is 40.4 Å². The van der Waals surface area contributed by atoms with Crippen LogP contribution in [0.15, 0.2) is 34.8 Å². The molecule has 8 heteroatoms. The molecule has 1 amide bonds. The van der Waals surface area contributed by atoms with Crippen LogP contribution in [0.25, 0.3) is 10.8 Å². The topological polar surface area (TPSA) is 95.5 Å². The summed E-state index contributed by atoms with van der Waals surface area (Å²) in [5, 5.41) is 4.03. The Bertz CT molecular complexity index is 887. The Hall–Kier alpha value is -1.64. The molecule has 0 fully saturated rings. The molecule has 0 saturated carbocycles. The van der Waals surface area contributed by atoms with Gasteiger partial charge >= 0.3 is 6.09 Å². The van der Waals surface area contributed by atoms with Gasteiger partial charge in [-0.05, 0) is 49.9 Å². The molecule has 0 bridgehead atoms. The van der Waals surface area contributed by atoms with Crippen LogP contribution in [0.4, 0.5) is 10.5 Å². The lowest BCUT2D eigenvalue weighted by Crippen LogP contribution is -2.27. The molecular formula is C16H17BrNO5S-. The molecule has 2 rings (SSSR count). The van der Waals surface area contributed by atoms with Gasteiger partial charge in [0.15, 0.2) is 0 Å². The third-order valence-corrected chi connectivity index (χ3v) is 4.39. The molecule has 2 aromatic carbocycles. The number of nitrogens with one attached hydrogen (secondary N) is 1. The first-order valence-electron chi connectivity index (χ1n) is 7.09. The second-order valence-electron chi connectivity index (χ2n) is 6.30. The fraction of sp³-hybridized carbons (Fsp3) is 0.312. The molecule has 6 nitrogen and oxygen atoms in total. The maximum absolute atomic E-state index is 12.0. The van der Waals surface area contributed by atoms with E-state index >= 15 is 0 Å². The third kappa shape index (κ3) is 5.19. The summed E-state index contributed by atoms with van der Waals surface area (Å²) in [6, 6.07) is 8.27. The Morgan fingerprint density at radius 1 is 1.21 bits per heavy atom. The standard InChI is InChI=1S/C16H18BrNO5S/c1-16(2,3)23-15(19)18-14-7-6-13(17)11-5-4-10(8-12(11)14)9-24(20,21)22/h4-8H,9H2,1-3H3,(H,18,19)(H,20,21,22)/p-1. The van der Waals surface area contributed by atoms with E-state index < -0.39 is 27.6 Å². The van der Waals surface area contributed by atoms with E-state index in [0.717, 1.165) is 9.86 Å². The highest BCUT2D eigenvalue weighted by Gasteiger charge is 2.17. The van der Waals surface area contributed by atoms with Gasteiger partial charge < -0.3 is 9.29 Å². The Balaban J connectivity index is 2.44. The van der Waals surface area contributed by atoms with Crippen LogP contribution >= 0.6 is 15.9 Å². The molecule has 0 aliphatic carbocycles. The van der Waals surface area contributed by atoms with E-state index in [-0.39, 0.29) is 0 Å². The van der Waals surface area contributed by atoms with Crippen LogP contribution in [0.5, 0.6) is 0 Å². The zero-order chi connectivity index (χ0) is 18.1. The first kappa shape index (κ1) is 18.7. The van der Waals surface area contributed by atoms with Crippen molar-refractivity contribution in [2.75, 3.05) is 5.32 Å².